The van der Waals surface area contributed by atoms with Gasteiger partial charge < -0.3 is 0 Å². The molecule has 2 atom stereocenters. The highest BCUT2D eigenvalue weighted by Gasteiger charge is 2.39. The minimum absolute atomic E-state index is 0.0667. The van der Waals surface area contributed by atoms with Gasteiger partial charge in [0.25, 0.3) is 0 Å². The first-order valence-corrected chi connectivity index (χ1v) is 14.7. The number of hydroxylamine groups is 4. The monoisotopic (exact) mass is 562 g/mol. The lowest BCUT2D eigenvalue weighted by Crippen LogP contribution is -2.55. The molecule has 0 aliphatic heterocycles. The second kappa shape index (κ2) is 14.1. The van der Waals surface area contributed by atoms with Crippen molar-refractivity contribution < 1.29 is 20.0 Å². The van der Waals surface area contributed by atoms with Crippen molar-refractivity contribution >= 4 is 11.8 Å². The maximum atomic E-state index is 13.6. The van der Waals surface area contributed by atoms with E-state index < -0.39 is 23.9 Å². The lowest BCUT2D eigenvalue weighted by atomic mass is 9.86. The van der Waals surface area contributed by atoms with E-state index in [1.165, 1.54) is 0 Å². The van der Waals surface area contributed by atoms with Gasteiger partial charge in [-0.05, 0) is 35.1 Å². The molecule has 0 aromatic heterocycles. The van der Waals surface area contributed by atoms with E-state index >= 15 is 0 Å². The fourth-order valence-corrected chi connectivity index (χ4v) is 6.17. The Morgan fingerprint density at radius 1 is 0.524 bits per heavy atom. The van der Waals surface area contributed by atoms with Crippen molar-refractivity contribution in [2.75, 3.05) is 0 Å². The summed E-state index contributed by atoms with van der Waals surface area (Å²) in [6, 6.07) is 37.8. The smallest absolute Gasteiger partial charge is 0.247 e. The second-order valence-electron chi connectivity index (χ2n) is 11.1. The molecular formula is C36H38N2O4. The van der Waals surface area contributed by atoms with Gasteiger partial charge in [0.15, 0.2) is 0 Å². The number of carbonyl (C=O) groups is 2. The number of rotatable bonds is 10. The van der Waals surface area contributed by atoms with Gasteiger partial charge in [0.2, 0.25) is 11.8 Å². The topological polar surface area (TPSA) is 81.1 Å². The van der Waals surface area contributed by atoms with Gasteiger partial charge in [-0.2, -0.15) is 0 Å². The molecule has 2 amide bonds. The van der Waals surface area contributed by atoms with Crippen molar-refractivity contribution in [1.82, 2.24) is 10.1 Å². The molecule has 0 bridgehead atoms. The van der Waals surface area contributed by atoms with Crippen molar-refractivity contribution in [1.29, 1.82) is 0 Å². The number of amides is 2. The molecule has 2 N–H and O–H groups in total. The Kier molecular flexibility index (Phi) is 9.80. The molecule has 1 saturated carbocycles. The Morgan fingerprint density at radius 3 is 1.05 bits per heavy atom. The molecular weight excluding hydrogens is 524 g/mol. The molecule has 1 aliphatic carbocycles. The van der Waals surface area contributed by atoms with Crippen molar-refractivity contribution in [2.24, 2.45) is 0 Å². The van der Waals surface area contributed by atoms with Gasteiger partial charge in [-0.1, -0.05) is 134 Å². The van der Waals surface area contributed by atoms with Crippen LogP contribution in [-0.2, 0) is 9.59 Å². The van der Waals surface area contributed by atoms with Crippen LogP contribution >= 0.6 is 0 Å². The molecule has 6 heteroatoms. The highest BCUT2D eigenvalue weighted by molar-refractivity contribution is 5.78. The molecule has 216 valence electrons. The summed E-state index contributed by atoms with van der Waals surface area (Å²) >= 11 is 0. The SMILES string of the molecule is O=C(CC(c1ccccc1)c1ccccc1)N(O)[C@@H]1CCCC[C@H]1N(O)C(=O)CC(c1ccccc1)c1ccccc1. The normalized spacial score (nSPS) is 16.8. The summed E-state index contributed by atoms with van der Waals surface area (Å²) in [4.78, 5) is 27.2. The minimum atomic E-state index is -0.695. The zero-order valence-electron chi connectivity index (χ0n) is 23.7. The summed E-state index contributed by atoms with van der Waals surface area (Å²) in [5, 5.41) is 24.1. The van der Waals surface area contributed by atoms with Crippen LogP contribution in [0.5, 0.6) is 0 Å². The first-order valence-electron chi connectivity index (χ1n) is 14.7. The van der Waals surface area contributed by atoms with E-state index in [9.17, 15) is 20.0 Å². The average molecular weight is 563 g/mol. The highest BCUT2D eigenvalue weighted by atomic mass is 16.5. The molecule has 0 radical (unpaired) electrons. The van der Waals surface area contributed by atoms with Crippen molar-refractivity contribution in [2.45, 2.75) is 62.4 Å². The van der Waals surface area contributed by atoms with E-state index in [0.717, 1.165) is 45.2 Å². The summed E-state index contributed by atoms with van der Waals surface area (Å²) < 4.78 is 0. The van der Waals surface area contributed by atoms with Gasteiger partial charge in [-0.25, -0.2) is 10.1 Å². The van der Waals surface area contributed by atoms with Crippen molar-refractivity contribution in [3.05, 3.63) is 144 Å². The number of benzene rings is 4. The Balaban J connectivity index is 1.33. The number of hydrogen-bond acceptors (Lipinski definition) is 4. The van der Waals surface area contributed by atoms with Gasteiger partial charge >= 0.3 is 0 Å². The van der Waals surface area contributed by atoms with E-state index in [2.05, 4.69) is 0 Å². The van der Waals surface area contributed by atoms with Gasteiger partial charge in [-0.3, -0.25) is 20.0 Å². The summed E-state index contributed by atoms with van der Waals surface area (Å²) in [7, 11) is 0. The standard InChI is InChI=1S/C36H38N2O4/c39-35(25-31(27-15-5-1-6-16-27)28-17-7-2-8-18-28)37(41)33-23-13-14-24-34(33)38(42)36(40)26-32(29-19-9-3-10-20-29)30-21-11-4-12-22-30/h1-12,15-22,31-34,41-42H,13-14,23-26H2/t33-,34-/m1/s1. The molecule has 0 heterocycles. The number of nitrogens with zero attached hydrogens (tertiary/aromatic N) is 2. The van der Waals surface area contributed by atoms with E-state index in [1.807, 2.05) is 121 Å². The maximum Gasteiger partial charge on any atom is 0.247 e. The fraction of sp³-hybridized carbons (Fsp3) is 0.278. The van der Waals surface area contributed by atoms with Crippen LogP contribution in [0, 0.1) is 0 Å². The molecule has 42 heavy (non-hydrogen) atoms. The predicted octanol–water partition coefficient (Wildman–Crippen LogP) is 7.18. The number of hydrogen-bond donors (Lipinski definition) is 2. The Hall–Kier alpha value is -4.26. The highest BCUT2D eigenvalue weighted by Crippen LogP contribution is 2.33. The van der Waals surface area contributed by atoms with Crippen LogP contribution < -0.4 is 0 Å². The predicted molar refractivity (Wildman–Crippen MR) is 162 cm³/mol. The zero-order valence-corrected chi connectivity index (χ0v) is 23.7. The molecule has 4 aromatic carbocycles. The molecule has 1 fully saturated rings. The minimum Gasteiger partial charge on any atom is -0.286 e. The van der Waals surface area contributed by atoms with Gasteiger partial charge in [0.1, 0.15) is 0 Å². The van der Waals surface area contributed by atoms with Crippen LogP contribution in [0.25, 0.3) is 0 Å². The lowest BCUT2D eigenvalue weighted by molar-refractivity contribution is -0.213. The third kappa shape index (κ3) is 6.96. The third-order valence-electron chi connectivity index (χ3n) is 8.40. The average Bonchev–Trinajstić information content (AvgIpc) is 3.06. The Bertz CT molecular complexity index is 1230. The third-order valence-corrected chi connectivity index (χ3v) is 8.40. The molecule has 5 rings (SSSR count). The van der Waals surface area contributed by atoms with Crippen LogP contribution in [0.3, 0.4) is 0 Å². The zero-order chi connectivity index (χ0) is 29.3. The van der Waals surface area contributed by atoms with Crippen LogP contribution in [0.4, 0.5) is 0 Å². The molecule has 6 nitrogen and oxygen atoms in total. The Morgan fingerprint density at radius 2 is 0.786 bits per heavy atom. The summed E-state index contributed by atoms with van der Waals surface area (Å²) in [5.41, 5.74) is 3.94. The molecule has 0 spiro atoms. The van der Waals surface area contributed by atoms with E-state index in [1.54, 1.807) is 0 Å². The van der Waals surface area contributed by atoms with E-state index in [-0.39, 0.29) is 24.7 Å². The van der Waals surface area contributed by atoms with Gasteiger partial charge in [0.05, 0.1) is 12.1 Å². The van der Waals surface area contributed by atoms with Crippen LogP contribution in [0.2, 0.25) is 0 Å². The van der Waals surface area contributed by atoms with Gasteiger partial charge in [0, 0.05) is 24.7 Å². The largest absolute Gasteiger partial charge is 0.286 e. The summed E-state index contributed by atoms with van der Waals surface area (Å²) in [6.07, 6.45) is 2.73. The summed E-state index contributed by atoms with van der Waals surface area (Å²) in [6.45, 7) is 0. The van der Waals surface area contributed by atoms with Gasteiger partial charge in [-0.15, -0.1) is 0 Å². The van der Waals surface area contributed by atoms with Crippen LogP contribution in [0.15, 0.2) is 121 Å². The molecule has 0 saturated heterocycles. The summed E-state index contributed by atoms with van der Waals surface area (Å²) in [5.74, 6) is -1.34. The lowest BCUT2D eigenvalue weighted by Gasteiger charge is -2.40. The first kappa shape index (κ1) is 29.2. The van der Waals surface area contributed by atoms with Crippen LogP contribution in [-0.4, -0.2) is 44.4 Å². The molecule has 0 unspecified atom stereocenters. The fourth-order valence-electron chi connectivity index (χ4n) is 6.17. The van der Waals surface area contributed by atoms with E-state index in [4.69, 9.17) is 0 Å². The van der Waals surface area contributed by atoms with E-state index in [0.29, 0.717) is 12.8 Å². The maximum absolute atomic E-state index is 13.6. The second-order valence-corrected chi connectivity index (χ2v) is 11.1. The first-order chi connectivity index (χ1) is 20.5. The quantitative estimate of drug-likeness (QED) is 0.159. The van der Waals surface area contributed by atoms with Crippen molar-refractivity contribution in [3.63, 3.8) is 0 Å². The molecule has 1 aliphatic rings. The Labute approximate surface area is 247 Å². The van der Waals surface area contributed by atoms with Crippen molar-refractivity contribution in [3.8, 4) is 0 Å². The number of carbonyl (C=O) groups excluding carboxylic acids is 2. The molecule has 4 aromatic rings. The van der Waals surface area contributed by atoms with Crippen LogP contribution in [0.1, 0.15) is 72.6 Å².